The number of pyridine rings is 1. The van der Waals surface area contributed by atoms with Gasteiger partial charge in [0, 0.05) is 24.8 Å². The number of fused-ring (bicyclic) bond motifs is 1. The molecule has 0 bridgehead atoms. The van der Waals surface area contributed by atoms with Crippen molar-refractivity contribution in [2.45, 2.75) is 32.9 Å². The van der Waals surface area contributed by atoms with Crippen LogP contribution in [0.15, 0.2) is 54.9 Å². The summed E-state index contributed by atoms with van der Waals surface area (Å²) in [5.41, 5.74) is 5.10. The second-order valence-corrected chi connectivity index (χ2v) is 5.70. The van der Waals surface area contributed by atoms with Gasteiger partial charge in [-0.25, -0.2) is 4.52 Å². The van der Waals surface area contributed by atoms with Crippen molar-refractivity contribution >= 4 is 5.52 Å². The van der Waals surface area contributed by atoms with E-state index in [1.165, 1.54) is 22.2 Å². The van der Waals surface area contributed by atoms with Crippen molar-refractivity contribution in [3.63, 3.8) is 0 Å². The van der Waals surface area contributed by atoms with Gasteiger partial charge in [0.2, 0.25) is 0 Å². The first-order chi connectivity index (χ1) is 10.2. The first kappa shape index (κ1) is 13.8. The zero-order chi connectivity index (χ0) is 14.7. The van der Waals surface area contributed by atoms with Crippen LogP contribution in [0.1, 0.15) is 36.5 Å². The molecular formula is C18H21N3. The lowest BCUT2D eigenvalue weighted by molar-refractivity contribution is 0.695. The summed E-state index contributed by atoms with van der Waals surface area (Å²) < 4.78 is 1.91. The van der Waals surface area contributed by atoms with Crippen molar-refractivity contribution in [2.24, 2.45) is 0 Å². The van der Waals surface area contributed by atoms with Gasteiger partial charge in [0.25, 0.3) is 0 Å². The molecule has 0 radical (unpaired) electrons. The van der Waals surface area contributed by atoms with Crippen LogP contribution in [0, 0.1) is 0 Å². The third-order valence-corrected chi connectivity index (χ3v) is 3.80. The Balaban J connectivity index is 1.61. The number of aromatic nitrogens is 2. The topological polar surface area (TPSA) is 29.3 Å². The molecule has 0 aliphatic rings. The molecule has 3 nitrogen and oxygen atoms in total. The van der Waals surface area contributed by atoms with Crippen molar-refractivity contribution < 1.29 is 0 Å². The van der Waals surface area contributed by atoms with E-state index in [2.05, 4.69) is 54.6 Å². The van der Waals surface area contributed by atoms with E-state index in [9.17, 15) is 0 Å². The smallest absolute Gasteiger partial charge is 0.0706 e. The van der Waals surface area contributed by atoms with Gasteiger partial charge >= 0.3 is 0 Å². The number of rotatable bonds is 5. The number of benzene rings is 1. The lowest BCUT2D eigenvalue weighted by Gasteiger charge is -2.08. The van der Waals surface area contributed by atoms with Crippen molar-refractivity contribution in [2.75, 3.05) is 0 Å². The van der Waals surface area contributed by atoms with Gasteiger partial charge in [-0.15, -0.1) is 0 Å². The molecule has 21 heavy (non-hydrogen) atoms. The molecule has 3 aromatic rings. The quantitative estimate of drug-likeness (QED) is 0.770. The maximum atomic E-state index is 4.35. The average molecular weight is 279 g/mol. The average Bonchev–Trinajstić information content (AvgIpc) is 2.91. The van der Waals surface area contributed by atoms with E-state index < -0.39 is 0 Å². The van der Waals surface area contributed by atoms with Gasteiger partial charge in [-0.2, -0.15) is 5.10 Å². The molecule has 1 aromatic carbocycles. The Morgan fingerprint density at radius 1 is 1.05 bits per heavy atom. The molecule has 0 amide bonds. The fourth-order valence-corrected chi connectivity index (χ4v) is 2.49. The minimum Gasteiger partial charge on any atom is -0.308 e. The van der Waals surface area contributed by atoms with E-state index in [1.807, 2.05) is 29.0 Å². The number of nitrogens with one attached hydrogen (secondary N) is 1. The summed E-state index contributed by atoms with van der Waals surface area (Å²) in [5.74, 6) is 0.589. The van der Waals surface area contributed by atoms with E-state index in [1.54, 1.807) is 0 Å². The van der Waals surface area contributed by atoms with Crippen molar-refractivity contribution in [3.05, 3.63) is 71.5 Å². The molecule has 108 valence electrons. The predicted molar refractivity (Wildman–Crippen MR) is 86.3 cm³/mol. The molecule has 3 rings (SSSR count). The van der Waals surface area contributed by atoms with Gasteiger partial charge in [-0.1, -0.05) is 44.2 Å². The molecule has 0 unspecified atom stereocenters. The van der Waals surface area contributed by atoms with Crippen LogP contribution in [0.5, 0.6) is 0 Å². The SMILES string of the molecule is CC(C)c1ccc(CNCc2cnn3ccccc23)cc1. The van der Waals surface area contributed by atoms with Crippen LogP contribution in [0.4, 0.5) is 0 Å². The zero-order valence-corrected chi connectivity index (χ0v) is 12.6. The Morgan fingerprint density at radius 2 is 1.86 bits per heavy atom. The molecule has 0 aliphatic carbocycles. The fraction of sp³-hybridized carbons (Fsp3) is 0.278. The highest BCUT2D eigenvalue weighted by atomic mass is 15.2. The number of nitrogens with zero attached hydrogens (tertiary/aromatic N) is 2. The van der Waals surface area contributed by atoms with Crippen molar-refractivity contribution in [1.82, 2.24) is 14.9 Å². The maximum absolute atomic E-state index is 4.35. The molecule has 0 saturated heterocycles. The summed E-state index contributed by atoms with van der Waals surface area (Å²) in [4.78, 5) is 0. The maximum Gasteiger partial charge on any atom is 0.0706 e. The zero-order valence-electron chi connectivity index (χ0n) is 12.6. The minimum atomic E-state index is 0.589. The standard InChI is InChI=1S/C18H21N3/c1-14(2)16-8-6-15(7-9-16)11-19-12-17-13-20-21-10-4-3-5-18(17)21/h3-10,13-14,19H,11-12H2,1-2H3. The largest absolute Gasteiger partial charge is 0.308 e. The highest BCUT2D eigenvalue weighted by Crippen LogP contribution is 2.15. The molecule has 2 heterocycles. The predicted octanol–water partition coefficient (Wildman–Crippen LogP) is 3.75. The minimum absolute atomic E-state index is 0.589. The highest BCUT2D eigenvalue weighted by Gasteiger charge is 2.03. The lowest BCUT2D eigenvalue weighted by Crippen LogP contribution is -2.12. The molecular weight excluding hydrogens is 258 g/mol. The molecule has 0 aliphatic heterocycles. The Hall–Kier alpha value is -2.13. The van der Waals surface area contributed by atoms with E-state index in [0.29, 0.717) is 5.92 Å². The third-order valence-electron chi connectivity index (χ3n) is 3.80. The Kier molecular flexibility index (Phi) is 4.02. The first-order valence-electron chi connectivity index (χ1n) is 7.45. The fourth-order valence-electron chi connectivity index (χ4n) is 2.49. The van der Waals surface area contributed by atoms with Crippen LogP contribution in [0.3, 0.4) is 0 Å². The summed E-state index contributed by atoms with van der Waals surface area (Å²) in [6.45, 7) is 6.15. The molecule has 3 heteroatoms. The van der Waals surface area contributed by atoms with Gasteiger partial charge in [0.15, 0.2) is 0 Å². The molecule has 0 saturated carbocycles. The van der Waals surface area contributed by atoms with Gasteiger partial charge in [-0.05, 0) is 29.2 Å². The Morgan fingerprint density at radius 3 is 2.62 bits per heavy atom. The van der Waals surface area contributed by atoms with Crippen LogP contribution >= 0.6 is 0 Å². The van der Waals surface area contributed by atoms with Crippen LogP contribution in [0.25, 0.3) is 5.52 Å². The summed E-state index contributed by atoms with van der Waals surface area (Å²) in [6, 6.07) is 15.0. The van der Waals surface area contributed by atoms with E-state index >= 15 is 0 Å². The Labute approximate surface area is 125 Å². The lowest BCUT2D eigenvalue weighted by atomic mass is 10.0. The summed E-state index contributed by atoms with van der Waals surface area (Å²) in [5, 5.41) is 7.84. The normalized spacial score (nSPS) is 11.4. The van der Waals surface area contributed by atoms with Crippen molar-refractivity contribution in [3.8, 4) is 0 Å². The third kappa shape index (κ3) is 3.14. The number of hydrogen-bond acceptors (Lipinski definition) is 2. The summed E-state index contributed by atoms with van der Waals surface area (Å²) >= 11 is 0. The van der Waals surface area contributed by atoms with Gasteiger partial charge < -0.3 is 5.32 Å². The van der Waals surface area contributed by atoms with Crippen LogP contribution in [-0.2, 0) is 13.1 Å². The van der Waals surface area contributed by atoms with E-state index in [-0.39, 0.29) is 0 Å². The monoisotopic (exact) mass is 279 g/mol. The van der Waals surface area contributed by atoms with Crippen LogP contribution in [0.2, 0.25) is 0 Å². The van der Waals surface area contributed by atoms with E-state index in [0.717, 1.165) is 13.1 Å². The van der Waals surface area contributed by atoms with Crippen molar-refractivity contribution in [1.29, 1.82) is 0 Å². The van der Waals surface area contributed by atoms with Gasteiger partial charge in [0.1, 0.15) is 0 Å². The molecule has 0 spiro atoms. The van der Waals surface area contributed by atoms with Crippen LogP contribution in [-0.4, -0.2) is 9.61 Å². The molecule has 0 atom stereocenters. The van der Waals surface area contributed by atoms with Gasteiger partial charge in [-0.3, -0.25) is 0 Å². The first-order valence-corrected chi connectivity index (χ1v) is 7.45. The molecule has 1 N–H and O–H groups in total. The number of hydrogen-bond donors (Lipinski definition) is 1. The van der Waals surface area contributed by atoms with Gasteiger partial charge in [0.05, 0.1) is 11.7 Å². The molecule has 2 aromatic heterocycles. The Bertz CT molecular complexity index is 711. The van der Waals surface area contributed by atoms with E-state index in [4.69, 9.17) is 0 Å². The second-order valence-electron chi connectivity index (χ2n) is 5.70. The molecule has 0 fully saturated rings. The highest BCUT2D eigenvalue weighted by molar-refractivity contribution is 5.53. The summed E-state index contributed by atoms with van der Waals surface area (Å²) in [6.07, 6.45) is 3.91. The summed E-state index contributed by atoms with van der Waals surface area (Å²) in [7, 11) is 0. The second kappa shape index (κ2) is 6.10. The van der Waals surface area contributed by atoms with Crippen LogP contribution < -0.4 is 5.32 Å².